The van der Waals surface area contributed by atoms with Crippen molar-refractivity contribution in [2.45, 2.75) is 26.5 Å². The highest BCUT2D eigenvalue weighted by molar-refractivity contribution is 5.95. The van der Waals surface area contributed by atoms with E-state index in [4.69, 9.17) is 14.2 Å². The molecule has 31 heavy (non-hydrogen) atoms. The second-order valence-electron chi connectivity index (χ2n) is 6.71. The van der Waals surface area contributed by atoms with Gasteiger partial charge in [-0.3, -0.25) is 4.79 Å². The van der Waals surface area contributed by atoms with Gasteiger partial charge in [-0.25, -0.2) is 14.6 Å². The van der Waals surface area contributed by atoms with Crippen molar-refractivity contribution in [2.24, 2.45) is 0 Å². The first-order chi connectivity index (χ1) is 14.9. The van der Waals surface area contributed by atoms with E-state index in [9.17, 15) is 14.4 Å². The predicted octanol–water partition coefficient (Wildman–Crippen LogP) is 1.50. The minimum atomic E-state index is -0.677. The summed E-state index contributed by atoms with van der Waals surface area (Å²) < 4.78 is 14.7. The van der Waals surface area contributed by atoms with Crippen LogP contribution in [0.3, 0.4) is 0 Å². The number of H-pyrrole nitrogens is 1. The van der Waals surface area contributed by atoms with Crippen LogP contribution in [0.15, 0.2) is 46.9 Å². The molecule has 2 aromatic rings. The summed E-state index contributed by atoms with van der Waals surface area (Å²) in [5, 5.41) is 0. The highest BCUT2D eigenvalue weighted by Crippen LogP contribution is 2.15. The molecule has 0 atom stereocenters. The molecule has 0 unspecified atom stereocenters. The summed E-state index contributed by atoms with van der Waals surface area (Å²) in [6.45, 7) is 2.43. The Balaban J connectivity index is 2.41. The van der Waals surface area contributed by atoms with E-state index in [0.717, 1.165) is 11.6 Å². The van der Waals surface area contributed by atoms with Crippen LogP contribution in [-0.2, 0) is 43.4 Å². The van der Waals surface area contributed by atoms with Gasteiger partial charge in [-0.15, -0.1) is 0 Å². The van der Waals surface area contributed by atoms with Crippen LogP contribution >= 0.6 is 0 Å². The fraction of sp³-hybridized carbons (Fsp3) is 0.364. The molecule has 1 aromatic carbocycles. The number of aromatic nitrogens is 2. The molecule has 0 aliphatic rings. The summed E-state index contributed by atoms with van der Waals surface area (Å²) in [6, 6.07) is 9.47. The largest absolute Gasteiger partial charge is 0.466 e. The normalized spacial score (nSPS) is 11.2. The summed E-state index contributed by atoms with van der Waals surface area (Å²) >= 11 is 0. The minimum Gasteiger partial charge on any atom is -0.466 e. The molecular formula is C22H27N3O6. The average Bonchev–Trinajstić information content (AvgIpc) is 2.77. The lowest BCUT2D eigenvalue weighted by atomic mass is 10.1. The second kappa shape index (κ2) is 11.7. The van der Waals surface area contributed by atoms with E-state index < -0.39 is 11.9 Å². The Kier molecular flexibility index (Phi) is 8.95. The highest BCUT2D eigenvalue weighted by Gasteiger charge is 2.22. The first-order valence-electron chi connectivity index (χ1n) is 9.64. The Morgan fingerprint density at radius 3 is 2.45 bits per heavy atom. The SMILES string of the molecule is COCc1c(CCN(Cc2ccccc2)/C(=C\C(=O)OC)C(=O)OC)nc(C)[nH]c1=O. The van der Waals surface area contributed by atoms with Crippen molar-refractivity contribution >= 4 is 11.9 Å². The van der Waals surface area contributed by atoms with Crippen molar-refractivity contribution < 1.29 is 23.8 Å². The van der Waals surface area contributed by atoms with Crippen LogP contribution in [-0.4, -0.2) is 54.7 Å². The zero-order valence-corrected chi connectivity index (χ0v) is 18.1. The van der Waals surface area contributed by atoms with Crippen LogP contribution in [0.1, 0.15) is 22.6 Å². The first kappa shape index (κ1) is 23.8. The molecule has 0 fully saturated rings. The van der Waals surface area contributed by atoms with E-state index >= 15 is 0 Å². The predicted molar refractivity (Wildman–Crippen MR) is 113 cm³/mol. The van der Waals surface area contributed by atoms with Crippen LogP contribution in [0.25, 0.3) is 0 Å². The number of carbonyl (C=O) groups is 2. The summed E-state index contributed by atoms with van der Waals surface area (Å²) in [5.74, 6) is -0.870. The number of nitrogens with zero attached hydrogens (tertiary/aromatic N) is 2. The zero-order valence-electron chi connectivity index (χ0n) is 18.1. The fourth-order valence-corrected chi connectivity index (χ4v) is 3.05. The molecule has 0 spiro atoms. The number of aromatic amines is 1. The van der Waals surface area contributed by atoms with E-state index in [2.05, 4.69) is 9.97 Å². The van der Waals surface area contributed by atoms with Crippen molar-refractivity contribution in [2.75, 3.05) is 27.9 Å². The molecule has 0 bridgehead atoms. The van der Waals surface area contributed by atoms with E-state index in [1.807, 2.05) is 30.3 Å². The molecule has 9 heteroatoms. The van der Waals surface area contributed by atoms with Crippen molar-refractivity contribution in [3.63, 3.8) is 0 Å². The number of methoxy groups -OCH3 is 3. The maximum Gasteiger partial charge on any atom is 0.354 e. The Labute approximate surface area is 180 Å². The molecule has 0 radical (unpaired) electrons. The molecule has 0 aliphatic heterocycles. The minimum absolute atomic E-state index is 0.0491. The smallest absolute Gasteiger partial charge is 0.354 e. The third kappa shape index (κ3) is 6.78. The van der Waals surface area contributed by atoms with Gasteiger partial charge in [0.05, 0.1) is 38.2 Å². The second-order valence-corrected chi connectivity index (χ2v) is 6.71. The lowest BCUT2D eigenvalue weighted by Crippen LogP contribution is -2.32. The topological polar surface area (TPSA) is 111 Å². The summed E-state index contributed by atoms with van der Waals surface area (Å²) in [4.78, 5) is 45.5. The summed E-state index contributed by atoms with van der Waals surface area (Å²) in [7, 11) is 3.97. The van der Waals surface area contributed by atoms with Gasteiger partial charge < -0.3 is 24.1 Å². The van der Waals surface area contributed by atoms with Crippen LogP contribution in [0, 0.1) is 6.92 Å². The maximum absolute atomic E-state index is 12.5. The molecular weight excluding hydrogens is 402 g/mol. The molecule has 1 N–H and O–H groups in total. The molecule has 9 nitrogen and oxygen atoms in total. The molecule has 1 aromatic heterocycles. The maximum atomic E-state index is 12.5. The number of hydrogen-bond donors (Lipinski definition) is 1. The number of aryl methyl sites for hydroxylation is 1. The Hall–Kier alpha value is -3.46. The fourth-order valence-electron chi connectivity index (χ4n) is 3.05. The van der Waals surface area contributed by atoms with Gasteiger partial charge in [0.1, 0.15) is 11.5 Å². The van der Waals surface area contributed by atoms with E-state index in [0.29, 0.717) is 36.6 Å². The van der Waals surface area contributed by atoms with Gasteiger partial charge in [0.2, 0.25) is 0 Å². The molecule has 166 valence electrons. The third-order valence-electron chi connectivity index (χ3n) is 4.53. The monoisotopic (exact) mass is 429 g/mol. The third-order valence-corrected chi connectivity index (χ3v) is 4.53. The van der Waals surface area contributed by atoms with Crippen molar-refractivity contribution in [1.29, 1.82) is 0 Å². The number of rotatable bonds is 10. The molecule has 1 heterocycles. The Morgan fingerprint density at radius 2 is 1.84 bits per heavy atom. The summed E-state index contributed by atoms with van der Waals surface area (Å²) in [6.07, 6.45) is 1.44. The number of esters is 2. The zero-order chi connectivity index (χ0) is 22.8. The van der Waals surface area contributed by atoms with Gasteiger partial charge in [0, 0.05) is 26.6 Å². The molecule has 0 amide bonds. The molecule has 0 saturated heterocycles. The van der Waals surface area contributed by atoms with Crippen LogP contribution in [0.2, 0.25) is 0 Å². The van der Waals surface area contributed by atoms with Gasteiger partial charge in [0.25, 0.3) is 5.56 Å². The van der Waals surface area contributed by atoms with Gasteiger partial charge in [-0.2, -0.15) is 0 Å². The Morgan fingerprint density at radius 1 is 1.13 bits per heavy atom. The number of ether oxygens (including phenoxy) is 3. The first-order valence-corrected chi connectivity index (χ1v) is 9.64. The molecule has 0 aliphatic carbocycles. The molecule has 2 rings (SSSR count). The van der Waals surface area contributed by atoms with Crippen LogP contribution in [0.5, 0.6) is 0 Å². The number of benzene rings is 1. The van der Waals surface area contributed by atoms with Crippen molar-refractivity contribution in [3.05, 3.63) is 75.1 Å². The summed E-state index contributed by atoms with van der Waals surface area (Å²) in [5.41, 5.74) is 1.69. The van der Waals surface area contributed by atoms with Gasteiger partial charge in [-0.1, -0.05) is 30.3 Å². The molecule has 0 saturated carbocycles. The van der Waals surface area contributed by atoms with Crippen LogP contribution in [0.4, 0.5) is 0 Å². The van der Waals surface area contributed by atoms with Crippen molar-refractivity contribution in [1.82, 2.24) is 14.9 Å². The number of carbonyl (C=O) groups excluding carboxylic acids is 2. The lowest BCUT2D eigenvalue weighted by Gasteiger charge is -2.26. The standard InChI is InChI=1S/C22H27N3O6/c1-15-23-18(17(14-29-2)21(27)24-15)10-11-25(13-16-8-6-5-7-9-16)19(22(28)31-4)12-20(26)30-3/h5-9,12H,10-11,13-14H2,1-4H3,(H,23,24,27)/b19-12-. The van der Waals surface area contributed by atoms with E-state index in [1.54, 1.807) is 11.8 Å². The van der Waals surface area contributed by atoms with Gasteiger partial charge in [-0.05, 0) is 12.5 Å². The highest BCUT2D eigenvalue weighted by atomic mass is 16.5. The number of nitrogens with one attached hydrogen (secondary N) is 1. The van der Waals surface area contributed by atoms with Gasteiger partial charge in [0.15, 0.2) is 0 Å². The van der Waals surface area contributed by atoms with Gasteiger partial charge >= 0.3 is 11.9 Å². The lowest BCUT2D eigenvalue weighted by molar-refractivity contribution is -0.140. The van der Waals surface area contributed by atoms with Crippen LogP contribution < -0.4 is 5.56 Å². The number of hydrogen-bond acceptors (Lipinski definition) is 8. The quantitative estimate of drug-likeness (QED) is 0.447. The van der Waals surface area contributed by atoms with Crippen molar-refractivity contribution in [3.8, 4) is 0 Å². The Bertz CT molecular complexity index is 984. The van der Waals surface area contributed by atoms with E-state index in [-0.39, 0.29) is 17.9 Å². The van der Waals surface area contributed by atoms with E-state index in [1.165, 1.54) is 21.3 Å². The average molecular weight is 429 g/mol.